The van der Waals surface area contributed by atoms with E-state index in [1.807, 2.05) is 24.3 Å². The first-order chi connectivity index (χ1) is 11.2. The van der Waals surface area contributed by atoms with Crippen LogP contribution in [0.3, 0.4) is 0 Å². The van der Waals surface area contributed by atoms with Crippen molar-refractivity contribution in [3.63, 3.8) is 0 Å². The van der Waals surface area contributed by atoms with Gasteiger partial charge in [0.2, 0.25) is 0 Å². The Balaban J connectivity index is 1.95. The fourth-order valence-corrected chi connectivity index (χ4v) is 2.22. The molecule has 0 fully saturated rings. The van der Waals surface area contributed by atoms with Gasteiger partial charge in [-0.05, 0) is 35.9 Å². The molecule has 0 N–H and O–H groups in total. The largest absolute Gasteiger partial charge is 0.484 e. The van der Waals surface area contributed by atoms with Crippen LogP contribution in [-0.4, -0.2) is 28.9 Å². The molecule has 0 spiro atoms. The van der Waals surface area contributed by atoms with Crippen LogP contribution in [0.15, 0.2) is 53.3 Å². The number of benzene rings is 1. The highest BCUT2D eigenvalue weighted by molar-refractivity contribution is 9.10. The van der Waals surface area contributed by atoms with E-state index in [1.165, 1.54) is 0 Å². The summed E-state index contributed by atoms with van der Waals surface area (Å²) in [5.74, 6) is 0.468. The third-order valence-electron chi connectivity index (χ3n) is 3.12. The third kappa shape index (κ3) is 5.72. The Morgan fingerprint density at radius 2 is 2.09 bits per heavy atom. The maximum atomic E-state index is 12.4. The van der Waals surface area contributed by atoms with Gasteiger partial charge in [-0.25, -0.2) is 0 Å². The highest BCUT2D eigenvalue weighted by Gasteiger charge is 2.14. The molecule has 0 saturated heterocycles. The molecule has 0 radical (unpaired) electrons. The van der Waals surface area contributed by atoms with Gasteiger partial charge in [0.15, 0.2) is 6.61 Å². The van der Waals surface area contributed by atoms with Gasteiger partial charge >= 0.3 is 0 Å². The van der Waals surface area contributed by atoms with Crippen LogP contribution in [0, 0.1) is 11.3 Å². The van der Waals surface area contributed by atoms with E-state index in [-0.39, 0.29) is 18.9 Å². The molecule has 0 bridgehead atoms. The summed E-state index contributed by atoms with van der Waals surface area (Å²) < 4.78 is 6.46. The molecule has 0 saturated carbocycles. The summed E-state index contributed by atoms with van der Waals surface area (Å²) in [5, 5.41) is 8.76. The van der Waals surface area contributed by atoms with E-state index in [1.54, 1.807) is 29.4 Å². The molecule has 0 aliphatic carbocycles. The first-order valence-electron chi connectivity index (χ1n) is 7.11. The van der Waals surface area contributed by atoms with Gasteiger partial charge < -0.3 is 9.64 Å². The molecule has 0 unspecified atom stereocenters. The van der Waals surface area contributed by atoms with Gasteiger partial charge in [0.05, 0.1) is 12.5 Å². The second-order valence-corrected chi connectivity index (χ2v) is 5.74. The Kier molecular flexibility index (Phi) is 6.57. The molecule has 1 heterocycles. The highest BCUT2D eigenvalue weighted by Crippen LogP contribution is 2.16. The maximum absolute atomic E-state index is 12.4. The number of carbonyl (C=O) groups excluding carboxylic acids is 1. The van der Waals surface area contributed by atoms with Gasteiger partial charge in [0, 0.05) is 30.0 Å². The van der Waals surface area contributed by atoms with Crippen LogP contribution in [0.5, 0.6) is 5.75 Å². The van der Waals surface area contributed by atoms with Crippen LogP contribution in [0.4, 0.5) is 0 Å². The van der Waals surface area contributed by atoms with Crippen molar-refractivity contribution in [2.75, 3.05) is 13.2 Å². The van der Waals surface area contributed by atoms with Crippen molar-refractivity contribution >= 4 is 21.8 Å². The molecule has 118 valence electrons. The lowest BCUT2D eigenvalue weighted by Crippen LogP contribution is -2.35. The second-order valence-electron chi connectivity index (χ2n) is 4.83. The van der Waals surface area contributed by atoms with Crippen LogP contribution in [0.25, 0.3) is 0 Å². The number of nitrogens with zero attached hydrogens (tertiary/aromatic N) is 3. The fourth-order valence-electron chi connectivity index (χ4n) is 1.96. The minimum Gasteiger partial charge on any atom is -0.484 e. The van der Waals surface area contributed by atoms with Crippen molar-refractivity contribution in [1.29, 1.82) is 5.26 Å². The number of hydrogen-bond acceptors (Lipinski definition) is 4. The molecule has 6 heteroatoms. The normalized spacial score (nSPS) is 9.91. The Morgan fingerprint density at radius 3 is 2.74 bits per heavy atom. The Labute approximate surface area is 143 Å². The Morgan fingerprint density at radius 1 is 1.30 bits per heavy atom. The van der Waals surface area contributed by atoms with Gasteiger partial charge in [-0.3, -0.25) is 9.78 Å². The van der Waals surface area contributed by atoms with Crippen molar-refractivity contribution in [2.24, 2.45) is 0 Å². The first-order valence-corrected chi connectivity index (χ1v) is 7.90. The lowest BCUT2D eigenvalue weighted by Gasteiger charge is -2.21. The van der Waals surface area contributed by atoms with Crippen LogP contribution in [-0.2, 0) is 11.3 Å². The van der Waals surface area contributed by atoms with E-state index in [9.17, 15) is 4.79 Å². The summed E-state index contributed by atoms with van der Waals surface area (Å²) in [6.45, 7) is 0.722. The van der Waals surface area contributed by atoms with E-state index in [0.29, 0.717) is 18.8 Å². The number of ether oxygens (including phenoxy) is 1. The number of pyridine rings is 1. The average Bonchev–Trinajstić information content (AvgIpc) is 2.58. The zero-order valence-corrected chi connectivity index (χ0v) is 14.1. The van der Waals surface area contributed by atoms with Crippen LogP contribution >= 0.6 is 15.9 Å². The molecule has 0 atom stereocenters. The molecular formula is C17H16BrN3O2. The van der Waals surface area contributed by atoms with Gasteiger partial charge in [0.1, 0.15) is 5.75 Å². The summed E-state index contributed by atoms with van der Waals surface area (Å²) in [7, 11) is 0. The van der Waals surface area contributed by atoms with Gasteiger partial charge in [-0.1, -0.05) is 22.0 Å². The first kappa shape index (κ1) is 17.0. The van der Waals surface area contributed by atoms with E-state index in [2.05, 4.69) is 27.0 Å². The maximum Gasteiger partial charge on any atom is 0.260 e. The summed E-state index contributed by atoms with van der Waals surface area (Å²) >= 11 is 3.35. The lowest BCUT2D eigenvalue weighted by molar-refractivity contribution is -0.133. The minimum atomic E-state index is -0.160. The number of amides is 1. The Bertz CT molecular complexity index is 668. The molecule has 0 aliphatic rings. The molecular weight excluding hydrogens is 358 g/mol. The molecule has 2 rings (SSSR count). The van der Waals surface area contributed by atoms with E-state index in [0.717, 1.165) is 10.0 Å². The highest BCUT2D eigenvalue weighted by atomic mass is 79.9. The quantitative estimate of drug-likeness (QED) is 0.747. The summed E-state index contributed by atoms with van der Waals surface area (Å²) in [5.41, 5.74) is 0.919. The number of halogens is 1. The fraction of sp³-hybridized carbons (Fsp3) is 0.235. The number of carbonyl (C=O) groups is 1. The number of nitriles is 1. The zero-order valence-electron chi connectivity index (χ0n) is 12.5. The number of hydrogen-bond donors (Lipinski definition) is 0. The lowest BCUT2D eigenvalue weighted by atomic mass is 10.2. The molecule has 23 heavy (non-hydrogen) atoms. The van der Waals surface area contributed by atoms with E-state index >= 15 is 0 Å². The standard InChI is InChI=1S/C17H16BrN3O2/c18-15-4-6-16(7-5-15)23-13-17(22)21(10-2-8-19)12-14-3-1-9-20-11-14/h1,3-7,9,11H,2,10,12-13H2. The van der Waals surface area contributed by atoms with Crippen LogP contribution in [0.1, 0.15) is 12.0 Å². The zero-order chi connectivity index (χ0) is 16.5. The summed E-state index contributed by atoms with van der Waals surface area (Å²) in [6.07, 6.45) is 3.67. The summed E-state index contributed by atoms with van der Waals surface area (Å²) in [4.78, 5) is 18.0. The van der Waals surface area contributed by atoms with Crippen LogP contribution < -0.4 is 4.74 Å². The SMILES string of the molecule is N#CCCN(Cc1cccnc1)C(=O)COc1ccc(Br)cc1. The van der Waals surface area contributed by atoms with Gasteiger partial charge in [-0.2, -0.15) is 5.26 Å². The van der Waals surface area contributed by atoms with Gasteiger partial charge in [0.25, 0.3) is 5.91 Å². The van der Waals surface area contributed by atoms with Crippen molar-refractivity contribution in [1.82, 2.24) is 9.88 Å². The summed E-state index contributed by atoms with van der Waals surface area (Å²) in [6, 6.07) is 13.1. The smallest absolute Gasteiger partial charge is 0.260 e. The molecule has 2 aromatic rings. The number of aromatic nitrogens is 1. The van der Waals surface area contributed by atoms with Gasteiger partial charge in [-0.15, -0.1) is 0 Å². The number of rotatable bonds is 7. The molecule has 0 aliphatic heterocycles. The average molecular weight is 374 g/mol. The van der Waals surface area contributed by atoms with E-state index < -0.39 is 0 Å². The minimum absolute atomic E-state index is 0.0622. The molecule has 1 aromatic heterocycles. The second kappa shape index (κ2) is 8.91. The van der Waals surface area contributed by atoms with Crippen LogP contribution in [0.2, 0.25) is 0 Å². The van der Waals surface area contributed by atoms with Crippen molar-refractivity contribution < 1.29 is 9.53 Å². The van der Waals surface area contributed by atoms with E-state index in [4.69, 9.17) is 10.00 Å². The van der Waals surface area contributed by atoms with Crippen molar-refractivity contribution in [3.05, 3.63) is 58.8 Å². The predicted octanol–water partition coefficient (Wildman–Crippen LogP) is 3.17. The predicted molar refractivity (Wildman–Crippen MR) is 89.5 cm³/mol. The van der Waals surface area contributed by atoms with Crippen molar-refractivity contribution in [2.45, 2.75) is 13.0 Å². The monoisotopic (exact) mass is 373 g/mol. The molecule has 1 aromatic carbocycles. The molecule has 1 amide bonds. The molecule has 5 nitrogen and oxygen atoms in total. The van der Waals surface area contributed by atoms with Crippen molar-refractivity contribution in [3.8, 4) is 11.8 Å². The Hall–Kier alpha value is -2.39. The topological polar surface area (TPSA) is 66.2 Å². The third-order valence-corrected chi connectivity index (χ3v) is 3.65.